The highest BCUT2D eigenvalue weighted by Gasteiger charge is 2.07. The summed E-state index contributed by atoms with van der Waals surface area (Å²) in [6.07, 6.45) is 1.94. The van der Waals surface area contributed by atoms with E-state index in [4.69, 9.17) is 4.74 Å². The Labute approximate surface area is 132 Å². The van der Waals surface area contributed by atoms with Gasteiger partial charge in [-0.05, 0) is 29.8 Å². The third-order valence-electron chi connectivity index (χ3n) is 2.92. The lowest BCUT2D eigenvalue weighted by Gasteiger charge is -2.07. The van der Waals surface area contributed by atoms with E-state index in [-0.39, 0.29) is 12.3 Å². The number of rotatable bonds is 5. The second-order valence-electron chi connectivity index (χ2n) is 4.62. The summed E-state index contributed by atoms with van der Waals surface area (Å²) in [6.45, 7) is 0. The molecule has 3 rings (SSSR count). The molecule has 0 aliphatic rings. The Balaban J connectivity index is 1.65. The van der Waals surface area contributed by atoms with Crippen molar-refractivity contribution in [2.75, 3.05) is 5.32 Å². The summed E-state index contributed by atoms with van der Waals surface area (Å²) in [5.74, 6) is 1.39. The van der Waals surface area contributed by atoms with Gasteiger partial charge in [0.05, 0.1) is 6.42 Å². The molecule has 0 radical (unpaired) electrons. The Morgan fingerprint density at radius 3 is 2.68 bits per heavy atom. The average Bonchev–Trinajstić information content (AvgIpc) is 3.01. The number of hydrogen-bond donors (Lipinski definition) is 1. The van der Waals surface area contributed by atoms with E-state index in [1.165, 1.54) is 11.3 Å². The number of carbonyl (C=O) groups is 1. The molecule has 0 atom stereocenters. The molecule has 0 spiro atoms. The minimum atomic E-state index is -0.0909. The van der Waals surface area contributed by atoms with Crippen molar-refractivity contribution < 1.29 is 9.53 Å². The lowest BCUT2D eigenvalue weighted by Crippen LogP contribution is -2.14. The molecule has 2 aromatic carbocycles. The molecule has 1 amide bonds. The van der Waals surface area contributed by atoms with Crippen molar-refractivity contribution in [3.05, 3.63) is 71.7 Å². The van der Waals surface area contributed by atoms with Gasteiger partial charge in [-0.2, -0.15) is 0 Å². The van der Waals surface area contributed by atoms with Crippen molar-refractivity contribution >= 4 is 22.4 Å². The monoisotopic (exact) mass is 310 g/mol. The molecule has 0 aliphatic heterocycles. The highest BCUT2D eigenvalue weighted by Crippen LogP contribution is 2.22. The number of carbonyl (C=O) groups excluding carboxylic acids is 1. The minimum absolute atomic E-state index is 0.0909. The molecule has 110 valence electrons. The van der Waals surface area contributed by atoms with Gasteiger partial charge in [-0.25, -0.2) is 4.98 Å². The summed E-state index contributed by atoms with van der Waals surface area (Å²) in [7, 11) is 0. The topological polar surface area (TPSA) is 51.2 Å². The van der Waals surface area contributed by atoms with Gasteiger partial charge in [-0.1, -0.05) is 30.3 Å². The summed E-state index contributed by atoms with van der Waals surface area (Å²) >= 11 is 1.40. The lowest BCUT2D eigenvalue weighted by atomic mass is 10.1. The first-order valence-corrected chi connectivity index (χ1v) is 7.69. The largest absolute Gasteiger partial charge is 0.457 e. The smallest absolute Gasteiger partial charge is 0.230 e. The first kappa shape index (κ1) is 14.3. The van der Waals surface area contributed by atoms with Gasteiger partial charge in [0, 0.05) is 11.6 Å². The quantitative estimate of drug-likeness (QED) is 0.771. The zero-order valence-electron chi connectivity index (χ0n) is 11.7. The molecule has 0 fully saturated rings. The van der Waals surface area contributed by atoms with Crippen LogP contribution in [0.15, 0.2) is 66.2 Å². The van der Waals surface area contributed by atoms with Crippen LogP contribution in [0.3, 0.4) is 0 Å². The van der Waals surface area contributed by atoms with Crippen LogP contribution in [0.25, 0.3) is 0 Å². The van der Waals surface area contributed by atoms with Crippen molar-refractivity contribution in [3.8, 4) is 11.5 Å². The van der Waals surface area contributed by atoms with E-state index in [1.807, 2.05) is 60.0 Å². The first-order chi connectivity index (χ1) is 10.8. The SMILES string of the molecule is O=C(Cc1cccc(Oc2ccccc2)c1)Nc1nccs1. The minimum Gasteiger partial charge on any atom is -0.457 e. The highest BCUT2D eigenvalue weighted by molar-refractivity contribution is 7.13. The molecule has 0 unspecified atom stereocenters. The van der Waals surface area contributed by atoms with Gasteiger partial charge in [0.1, 0.15) is 11.5 Å². The highest BCUT2D eigenvalue weighted by atomic mass is 32.1. The van der Waals surface area contributed by atoms with Crippen molar-refractivity contribution in [2.45, 2.75) is 6.42 Å². The fraction of sp³-hybridized carbons (Fsp3) is 0.0588. The van der Waals surface area contributed by atoms with Crippen molar-refractivity contribution in [1.82, 2.24) is 4.98 Å². The van der Waals surface area contributed by atoms with E-state index in [2.05, 4.69) is 10.3 Å². The predicted molar refractivity (Wildman–Crippen MR) is 87.4 cm³/mol. The van der Waals surface area contributed by atoms with Crippen LogP contribution in [0.4, 0.5) is 5.13 Å². The van der Waals surface area contributed by atoms with E-state index in [9.17, 15) is 4.79 Å². The molecule has 0 aliphatic carbocycles. The van der Waals surface area contributed by atoms with Crippen LogP contribution >= 0.6 is 11.3 Å². The Bertz CT molecular complexity index is 742. The van der Waals surface area contributed by atoms with Gasteiger partial charge in [0.25, 0.3) is 0 Å². The second kappa shape index (κ2) is 6.87. The molecule has 0 saturated carbocycles. The van der Waals surface area contributed by atoms with E-state index >= 15 is 0 Å². The van der Waals surface area contributed by atoms with Gasteiger partial charge < -0.3 is 10.1 Å². The van der Waals surface area contributed by atoms with Crippen molar-refractivity contribution in [3.63, 3.8) is 0 Å². The van der Waals surface area contributed by atoms with Crippen molar-refractivity contribution in [1.29, 1.82) is 0 Å². The van der Waals surface area contributed by atoms with Crippen LogP contribution in [0.1, 0.15) is 5.56 Å². The Morgan fingerprint density at radius 1 is 1.09 bits per heavy atom. The molecule has 1 aromatic heterocycles. The Hall–Kier alpha value is -2.66. The number of para-hydroxylation sites is 1. The molecule has 0 saturated heterocycles. The van der Waals surface area contributed by atoms with E-state index < -0.39 is 0 Å². The maximum atomic E-state index is 12.0. The predicted octanol–water partition coefficient (Wildman–Crippen LogP) is 4.12. The number of benzene rings is 2. The maximum Gasteiger partial charge on any atom is 0.230 e. The maximum absolute atomic E-state index is 12.0. The number of nitrogens with one attached hydrogen (secondary N) is 1. The second-order valence-corrected chi connectivity index (χ2v) is 5.52. The number of anilines is 1. The van der Waals surface area contributed by atoms with Gasteiger partial charge in [0.15, 0.2) is 5.13 Å². The molecule has 0 bridgehead atoms. The zero-order valence-corrected chi connectivity index (χ0v) is 12.5. The van der Waals surface area contributed by atoms with Gasteiger partial charge in [-0.15, -0.1) is 11.3 Å². The molecule has 4 nitrogen and oxygen atoms in total. The molecule has 3 aromatic rings. The molecular formula is C17H14N2O2S. The number of hydrogen-bond acceptors (Lipinski definition) is 4. The molecule has 5 heteroatoms. The van der Waals surface area contributed by atoms with Crippen LogP contribution in [-0.2, 0) is 11.2 Å². The number of nitrogens with zero attached hydrogens (tertiary/aromatic N) is 1. The standard InChI is InChI=1S/C17H14N2O2S/c20-16(19-17-18-9-10-22-17)12-13-5-4-8-15(11-13)21-14-6-2-1-3-7-14/h1-11H,12H2,(H,18,19,20). The van der Waals surface area contributed by atoms with Crippen LogP contribution < -0.4 is 10.1 Å². The summed E-state index contributed by atoms with van der Waals surface area (Å²) < 4.78 is 5.76. The number of amides is 1. The van der Waals surface area contributed by atoms with Gasteiger partial charge in [0.2, 0.25) is 5.91 Å². The number of aromatic nitrogens is 1. The van der Waals surface area contributed by atoms with Crippen molar-refractivity contribution in [2.24, 2.45) is 0 Å². The van der Waals surface area contributed by atoms with Gasteiger partial charge in [-0.3, -0.25) is 4.79 Å². The normalized spacial score (nSPS) is 10.2. The summed E-state index contributed by atoms with van der Waals surface area (Å²) in [4.78, 5) is 16.0. The summed E-state index contributed by atoms with van der Waals surface area (Å²) in [6, 6.07) is 17.1. The summed E-state index contributed by atoms with van der Waals surface area (Å²) in [5.41, 5.74) is 0.891. The molecule has 22 heavy (non-hydrogen) atoms. The number of thiazole rings is 1. The third kappa shape index (κ3) is 3.93. The van der Waals surface area contributed by atoms with E-state index in [1.54, 1.807) is 6.20 Å². The fourth-order valence-corrected chi connectivity index (χ4v) is 2.52. The van der Waals surface area contributed by atoms with Crippen LogP contribution in [-0.4, -0.2) is 10.9 Å². The molecule has 1 N–H and O–H groups in total. The number of ether oxygens (including phenoxy) is 1. The van der Waals surface area contributed by atoms with E-state index in [0.717, 1.165) is 11.3 Å². The van der Waals surface area contributed by atoms with E-state index in [0.29, 0.717) is 10.9 Å². The molecule has 1 heterocycles. The Morgan fingerprint density at radius 2 is 1.91 bits per heavy atom. The van der Waals surface area contributed by atoms with Crippen LogP contribution in [0, 0.1) is 0 Å². The lowest BCUT2D eigenvalue weighted by molar-refractivity contribution is -0.115. The molecular weight excluding hydrogens is 296 g/mol. The average molecular weight is 310 g/mol. The fourth-order valence-electron chi connectivity index (χ4n) is 1.98. The zero-order chi connectivity index (χ0) is 15.2. The van der Waals surface area contributed by atoms with Crippen LogP contribution in [0.5, 0.6) is 11.5 Å². The Kier molecular flexibility index (Phi) is 4.46. The van der Waals surface area contributed by atoms with Crippen LogP contribution in [0.2, 0.25) is 0 Å². The third-order valence-corrected chi connectivity index (χ3v) is 3.61. The summed E-state index contributed by atoms with van der Waals surface area (Å²) in [5, 5.41) is 5.20. The van der Waals surface area contributed by atoms with Gasteiger partial charge >= 0.3 is 0 Å². The first-order valence-electron chi connectivity index (χ1n) is 6.81.